The van der Waals surface area contributed by atoms with Gasteiger partial charge in [-0.1, -0.05) is 49.0 Å². The predicted octanol–water partition coefficient (Wildman–Crippen LogP) is 4.34. The van der Waals surface area contributed by atoms with Crippen molar-refractivity contribution in [1.29, 1.82) is 0 Å². The maximum absolute atomic E-state index is 11.0. The van der Waals surface area contributed by atoms with E-state index in [9.17, 15) is 20.4 Å². The Kier molecular flexibility index (Phi) is 11.8. The number of rotatable bonds is 12. The first kappa shape index (κ1) is 41.9. The van der Waals surface area contributed by atoms with Crippen molar-refractivity contribution in [2.24, 2.45) is 4.99 Å². The van der Waals surface area contributed by atoms with Crippen LogP contribution >= 0.6 is 0 Å². The first-order valence-corrected chi connectivity index (χ1v) is 22.8. The van der Waals surface area contributed by atoms with E-state index in [1.54, 1.807) is 19.1 Å². The van der Waals surface area contributed by atoms with E-state index >= 15 is 0 Å². The van der Waals surface area contributed by atoms with Crippen molar-refractivity contribution in [3.63, 3.8) is 0 Å². The van der Waals surface area contributed by atoms with Gasteiger partial charge in [0, 0.05) is 48.8 Å². The Balaban J connectivity index is 1.17. The number of hydrogen-bond acceptors (Lipinski definition) is 12. The SMILES string of the molecule is C[C@H](O)CNCN[C@H]1C#CCCOc2cc(ccc2O)[C@H]2Oc3c(c4c(c5c3CC[C@H](CO)O5)-c3ccc(O)cc3[C@@H](Cc3ccc5c(c3)=CCN=5)C4)C[C@]12OCNC1CCCC1. The fourth-order valence-corrected chi connectivity index (χ4v) is 10.8. The molecule has 6 aliphatic rings. The zero-order chi connectivity index (χ0) is 43.1. The highest BCUT2D eigenvalue weighted by Crippen LogP contribution is 2.58. The molecular formula is C51H58N4O8. The Labute approximate surface area is 368 Å². The molecule has 2 aliphatic carbocycles. The molecule has 12 nitrogen and oxygen atoms in total. The van der Waals surface area contributed by atoms with Crippen LogP contribution in [0.4, 0.5) is 0 Å². The molecular weight excluding hydrogens is 797 g/mol. The molecule has 1 fully saturated rings. The second-order valence-corrected chi connectivity index (χ2v) is 18.1. The lowest BCUT2D eigenvalue weighted by molar-refractivity contribution is -0.143. The van der Waals surface area contributed by atoms with Crippen molar-refractivity contribution in [2.45, 2.75) is 113 Å². The second-order valence-electron chi connectivity index (χ2n) is 18.1. The number of benzene rings is 4. The van der Waals surface area contributed by atoms with Crippen molar-refractivity contribution in [1.82, 2.24) is 16.0 Å². The Morgan fingerprint density at radius 3 is 2.71 bits per heavy atom. The first-order valence-electron chi connectivity index (χ1n) is 22.8. The van der Waals surface area contributed by atoms with Crippen LogP contribution in [-0.4, -0.2) is 90.0 Å². The molecule has 330 valence electrons. The molecule has 4 heterocycles. The Morgan fingerprint density at radius 1 is 0.968 bits per heavy atom. The molecule has 1 saturated carbocycles. The molecule has 0 aromatic heterocycles. The molecule has 2 bridgehead atoms. The lowest BCUT2D eigenvalue weighted by Gasteiger charge is -2.49. The molecule has 6 atom stereocenters. The molecule has 0 radical (unpaired) electrons. The number of nitrogens with one attached hydrogen (secondary N) is 3. The third-order valence-corrected chi connectivity index (χ3v) is 13.8. The van der Waals surface area contributed by atoms with Crippen LogP contribution < -0.4 is 40.7 Å². The lowest BCUT2D eigenvalue weighted by atomic mass is 9.69. The van der Waals surface area contributed by atoms with E-state index in [4.69, 9.17) is 18.9 Å². The minimum atomic E-state index is -1.13. The highest BCUT2D eigenvalue weighted by Gasteiger charge is 2.54. The predicted molar refractivity (Wildman–Crippen MR) is 239 cm³/mol. The topological polar surface area (TPSA) is 166 Å². The van der Waals surface area contributed by atoms with Gasteiger partial charge in [-0.2, -0.15) is 0 Å². The maximum Gasteiger partial charge on any atom is 0.161 e. The van der Waals surface area contributed by atoms with Crippen molar-refractivity contribution in [2.75, 3.05) is 39.7 Å². The molecule has 0 saturated heterocycles. The fraction of sp³-hybridized carbons (Fsp3) is 0.471. The number of hydrogen-bond donors (Lipinski definition) is 7. The second kappa shape index (κ2) is 17.8. The maximum atomic E-state index is 11.0. The van der Waals surface area contributed by atoms with Gasteiger partial charge in [-0.05, 0) is 121 Å². The van der Waals surface area contributed by atoms with Gasteiger partial charge in [0.25, 0.3) is 0 Å². The third kappa shape index (κ3) is 8.16. The quantitative estimate of drug-likeness (QED) is 0.0616. The van der Waals surface area contributed by atoms with Gasteiger partial charge in [0.05, 0.1) is 38.0 Å². The van der Waals surface area contributed by atoms with Gasteiger partial charge >= 0.3 is 0 Å². The Hall–Kier alpha value is -5.13. The molecule has 0 amide bonds. The Morgan fingerprint density at radius 2 is 1.86 bits per heavy atom. The van der Waals surface area contributed by atoms with Crippen LogP contribution in [0, 0.1) is 11.8 Å². The fourth-order valence-electron chi connectivity index (χ4n) is 10.8. The molecule has 7 N–H and O–H groups in total. The van der Waals surface area contributed by atoms with Crippen LogP contribution in [-0.2, 0) is 30.4 Å². The number of aliphatic hydroxyl groups is 2. The monoisotopic (exact) mass is 854 g/mol. The lowest BCUT2D eigenvalue weighted by Crippen LogP contribution is -2.62. The van der Waals surface area contributed by atoms with Crippen molar-refractivity contribution in [3.8, 4) is 51.7 Å². The summed E-state index contributed by atoms with van der Waals surface area (Å²) in [4.78, 5) is 4.63. The summed E-state index contributed by atoms with van der Waals surface area (Å²) in [5.41, 5.74) is 6.94. The van der Waals surface area contributed by atoms with Crippen LogP contribution in [0.5, 0.6) is 28.7 Å². The van der Waals surface area contributed by atoms with Gasteiger partial charge in [0.2, 0.25) is 0 Å². The van der Waals surface area contributed by atoms with Crippen LogP contribution in [0.25, 0.3) is 17.2 Å². The molecule has 4 aromatic rings. The normalized spacial score (nSPS) is 24.7. The van der Waals surface area contributed by atoms with Gasteiger partial charge in [-0.15, -0.1) is 0 Å². The van der Waals surface area contributed by atoms with Gasteiger partial charge in [0.15, 0.2) is 17.6 Å². The van der Waals surface area contributed by atoms with Crippen molar-refractivity contribution < 1.29 is 39.4 Å². The molecule has 0 unspecified atom stereocenters. The van der Waals surface area contributed by atoms with E-state index in [1.165, 1.54) is 18.4 Å². The van der Waals surface area contributed by atoms with Crippen LogP contribution in [0.2, 0.25) is 0 Å². The average Bonchev–Trinajstić information content (AvgIpc) is 3.99. The van der Waals surface area contributed by atoms with Gasteiger partial charge < -0.3 is 44.7 Å². The first-order chi connectivity index (χ1) is 30.8. The molecule has 10 rings (SSSR count). The summed E-state index contributed by atoms with van der Waals surface area (Å²) >= 11 is 0. The van der Waals surface area contributed by atoms with E-state index < -0.39 is 23.9 Å². The molecule has 63 heavy (non-hydrogen) atoms. The zero-order valence-corrected chi connectivity index (χ0v) is 35.9. The largest absolute Gasteiger partial charge is 0.508 e. The van der Waals surface area contributed by atoms with Gasteiger partial charge in [0.1, 0.15) is 35.0 Å². The van der Waals surface area contributed by atoms with E-state index in [2.05, 4.69) is 57.1 Å². The summed E-state index contributed by atoms with van der Waals surface area (Å²) in [5.74, 6) is 9.05. The van der Waals surface area contributed by atoms with Crippen LogP contribution in [0.1, 0.15) is 90.9 Å². The average molecular weight is 855 g/mol. The summed E-state index contributed by atoms with van der Waals surface area (Å²) in [5, 5.41) is 55.7. The number of phenolic OH excluding ortho intramolecular Hbond substituents is 2. The number of aliphatic hydroxyl groups excluding tert-OH is 2. The molecule has 12 heteroatoms. The minimum absolute atomic E-state index is 0.00301. The summed E-state index contributed by atoms with van der Waals surface area (Å²) in [6.07, 6.45) is 8.52. The number of fused-ring (bicyclic) bond motifs is 13. The van der Waals surface area contributed by atoms with Gasteiger partial charge in [-0.25, -0.2) is 0 Å². The van der Waals surface area contributed by atoms with Crippen molar-refractivity contribution in [3.05, 3.63) is 98.6 Å². The van der Waals surface area contributed by atoms with E-state index in [0.717, 1.165) is 74.5 Å². The van der Waals surface area contributed by atoms with Gasteiger partial charge in [-0.3, -0.25) is 15.6 Å². The summed E-state index contributed by atoms with van der Waals surface area (Å²) in [6, 6.07) is 17.4. The van der Waals surface area contributed by atoms with Crippen LogP contribution in [0.3, 0.4) is 0 Å². The number of aromatic hydroxyl groups is 2. The highest BCUT2D eigenvalue weighted by atomic mass is 16.6. The third-order valence-electron chi connectivity index (χ3n) is 13.8. The standard InChI is InChI=1S/C51H58N4O8/c1-30(57)26-52-28-54-46-8-4-5-19-60-45-23-33(10-16-44(45)59)50-51(46,61-29-55-35-6-2-3-7-35)25-42-41-22-34(21-31-9-15-43-32(20-31)17-18-53-43)40-24-36(58)11-13-38(40)47(41)49-39(48(42)63-50)14-12-37(27-56)62-49/h9-11,13,15-17,20,23-24,30,34-35,37,46,50,52,54-59H,2-3,5-7,12,14,18-19,21-22,25-29H2,1H3/t30-,34-,37+,46-,50+,51-/m0/s1. The smallest absolute Gasteiger partial charge is 0.161 e. The van der Waals surface area contributed by atoms with Crippen LogP contribution in [0.15, 0.2) is 59.6 Å². The molecule has 0 spiro atoms. The summed E-state index contributed by atoms with van der Waals surface area (Å²) in [6.45, 7) is 3.63. The highest BCUT2D eigenvalue weighted by molar-refractivity contribution is 5.85. The molecule has 4 aromatic carbocycles. The van der Waals surface area contributed by atoms with E-state index in [-0.39, 0.29) is 43.5 Å². The van der Waals surface area contributed by atoms with Crippen molar-refractivity contribution >= 4 is 6.08 Å². The summed E-state index contributed by atoms with van der Waals surface area (Å²) in [7, 11) is 0. The molecule has 4 aliphatic heterocycles. The summed E-state index contributed by atoms with van der Waals surface area (Å²) < 4.78 is 27.9. The zero-order valence-electron chi connectivity index (χ0n) is 35.9. The van der Waals surface area contributed by atoms with E-state index in [0.29, 0.717) is 69.4 Å². The Bertz CT molecular complexity index is 2560. The number of phenols is 2. The number of nitrogens with zero attached hydrogens (tertiary/aromatic N) is 1. The minimum Gasteiger partial charge on any atom is -0.508 e. The van der Waals surface area contributed by atoms with E-state index in [1.807, 2.05) is 24.3 Å². The number of ether oxygens (including phenoxy) is 4.